The average Bonchev–Trinajstić information content (AvgIpc) is 2.40. The van der Waals surface area contributed by atoms with E-state index in [4.69, 9.17) is 4.74 Å². The van der Waals surface area contributed by atoms with E-state index >= 15 is 0 Å². The highest BCUT2D eigenvalue weighted by Gasteiger charge is 2.34. The van der Waals surface area contributed by atoms with E-state index in [9.17, 15) is 14.9 Å². The van der Waals surface area contributed by atoms with Gasteiger partial charge in [-0.05, 0) is 26.8 Å². The van der Waals surface area contributed by atoms with Crippen molar-refractivity contribution in [1.82, 2.24) is 10.2 Å². The first-order valence-electron chi connectivity index (χ1n) is 7.56. The maximum absolute atomic E-state index is 11.8. The van der Waals surface area contributed by atoms with E-state index in [-0.39, 0.29) is 17.8 Å². The average molecular weight is 325 g/mol. The predicted molar refractivity (Wildman–Crippen MR) is 90.5 cm³/mol. The molecule has 1 rings (SSSR count). The van der Waals surface area contributed by atoms with Gasteiger partial charge in [0.25, 0.3) is 5.70 Å². The zero-order valence-corrected chi connectivity index (χ0v) is 14.6. The van der Waals surface area contributed by atoms with Crippen molar-refractivity contribution in [3.63, 3.8) is 0 Å². The van der Waals surface area contributed by atoms with E-state index in [1.54, 1.807) is 20.8 Å². The summed E-state index contributed by atoms with van der Waals surface area (Å²) in [5.74, 6) is 0. The van der Waals surface area contributed by atoms with Gasteiger partial charge >= 0.3 is 6.09 Å². The molecule has 0 radical (unpaired) electrons. The Morgan fingerprint density at radius 3 is 2.17 bits per heavy atom. The molecule has 0 atom stereocenters. The molecule has 0 aromatic carbocycles. The largest absolute Gasteiger partial charge is 0.444 e. The second kappa shape index (κ2) is 8.97. The highest BCUT2D eigenvalue weighted by Crippen LogP contribution is 2.17. The van der Waals surface area contributed by atoms with Crippen LogP contribution in [0.2, 0.25) is 0 Å². The van der Waals surface area contributed by atoms with Crippen molar-refractivity contribution in [2.24, 2.45) is 0 Å². The fraction of sp³-hybridized carbons (Fsp3) is 0.562. The van der Waals surface area contributed by atoms with E-state index < -0.39 is 10.5 Å². The summed E-state index contributed by atoms with van der Waals surface area (Å²) in [6.07, 6.45) is 2.15. The fourth-order valence-electron chi connectivity index (χ4n) is 1.79. The van der Waals surface area contributed by atoms with E-state index in [0.29, 0.717) is 18.8 Å². The Balaban J connectivity index is 0.00000232. The minimum atomic E-state index is -0.538. The molecular formula is C16H27N3O4. The Bertz CT molecular complexity index is 486. The summed E-state index contributed by atoms with van der Waals surface area (Å²) in [5, 5.41) is 13.8. The van der Waals surface area contributed by atoms with Crippen LogP contribution in [0.15, 0.2) is 36.7 Å². The molecule has 0 unspecified atom stereocenters. The molecule has 1 N–H and O–H groups in total. The molecule has 1 saturated heterocycles. The molecular weight excluding hydrogens is 298 g/mol. The zero-order valence-electron chi connectivity index (χ0n) is 14.6. The number of carbonyl (C=O) groups excluding carboxylic acids is 1. The molecule has 130 valence electrons. The molecule has 1 aliphatic rings. The molecule has 0 bridgehead atoms. The van der Waals surface area contributed by atoms with Gasteiger partial charge in [-0.1, -0.05) is 27.0 Å². The normalized spacial score (nSPS) is 15.3. The zero-order chi connectivity index (χ0) is 18.2. The van der Waals surface area contributed by atoms with Crippen LogP contribution in [0.1, 0.15) is 34.6 Å². The molecule has 1 fully saturated rings. The summed E-state index contributed by atoms with van der Waals surface area (Å²) in [7, 11) is 0. The van der Waals surface area contributed by atoms with Crippen molar-refractivity contribution < 1.29 is 14.5 Å². The number of nitrogens with zero attached hydrogens (tertiary/aromatic N) is 2. The lowest BCUT2D eigenvalue weighted by Crippen LogP contribution is -2.60. The van der Waals surface area contributed by atoms with Gasteiger partial charge in [-0.2, -0.15) is 0 Å². The van der Waals surface area contributed by atoms with E-state index in [0.717, 1.165) is 6.08 Å². The van der Waals surface area contributed by atoms with Crippen molar-refractivity contribution in [3.8, 4) is 0 Å². The highest BCUT2D eigenvalue weighted by atomic mass is 16.6. The van der Waals surface area contributed by atoms with Crippen LogP contribution in [0.25, 0.3) is 0 Å². The fourth-order valence-corrected chi connectivity index (χ4v) is 1.79. The first-order chi connectivity index (χ1) is 10.7. The quantitative estimate of drug-likeness (QED) is 0.477. The minimum Gasteiger partial charge on any atom is -0.444 e. The van der Waals surface area contributed by atoms with E-state index in [1.165, 1.54) is 11.0 Å². The van der Waals surface area contributed by atoms with Gasteiger partial charge in [-0.25, -0.2) is 4.79 Å². The third-order valence-electron chi connectivity index (χ3n) is 2.76. The maximum Gasteiger partial charge on any atom is 0.410 e. The lowest BCUT2D eigenvalue weighted by Gasteiger charge is -2.40. The minimum absolute atomic E-state index is 0.0691. The molecule has 1 heterocycles. The topological polar surface area (TPSA) is 84.7 Å². The van der Waals surface area contributed by atoms with Crippen LogP contribution in [0.3, 0.4) is 0 Å². The summed E-state index contributed by atoms with van der Waals surface area (Å²) >= 11 is 0. The Hall–Kier alpha value is -2.31. The van der Waals surface area contributed by atoms with Crippen molar-refractivity contribution >= 4 is 6.09 Å². The van der Waals surface area contributed by atoms with Crippen LogP contribution < -0.4 is 5.32 Å². The summed E-state index contributed by atoms with van der Waals surface area (Å²) < 4.78 is 5.23. The third kappa shape index (κ3) is 6.54. The van der Waals surface area contributed by atoms with Crippen LogP contribution >= 0.6 is 0 Å². The third-order valence-corrected chi connectivity index (χ3v) is 2.76. The molecule has 0 spiro atoms. The van der Waals surface area contributed by atoms with E-state index in [1.807, 2.05) is 13.8 Å². The van der Waals surface area contributed by atoms with Gasteiger partial charge in [0, 0.05) is 19.2 Å². The predicted octanol–water partition coefficient (Wildman–Crippen LogP) is 3.08. The Morgan fingerprint density at radius 1 is 1.30 bits per heavy atom. The monoisotopic (exact) mass is 325 g/mol. The standard InChI is InChI=1S/C14H21N3O4.C2H6/c1-6-11(12(7-2)17(19)20)15-10-8-16(9-10)13(18)21-14(3,4)5;1-2/h6-7,10,15H,1-2,8-9H2,3-5H3;1-2H3/b12-11-;. The molecule has 0 aromatic rings. The van der Waals surface area contributed by atoms with Gasteiger partial charge in [-0.15, -0.1) is 0 Å². The van der Waals surface area contributed by atoms with Crippen molar-refractivity contribution in [3.05, 3.63) is 46.8 Å². The number of carbonyl (C=O) groups is 1. The number of nitro groups is 1. The second-order valence-electron chi connectivity index (χ2n) is 5.69. The van der Waals surface area contributed by atoms with Gasteiger partial charge < -0.3 is 15.0 Å². The van der Waals surface area contributed by atoms with Gasteiger partial charge in [0.15, 0.2) is 0 Å². The molecule has 0 aromatic heterocycles. The van der Waals surface area contributed by atoms with Crippen molar-refractivity contribution in [1.29, 1.82) is 0 Å². The second-order valence-corrected chi connectivity index (χ2v) is 5.69. The van der Waals surface area contributed by atoms with Crippen LogP contribution in [0, 0.1) is 10.1 Å². The molecule has 0 saturated carbocycles. The smallest absolute Gasteiger partial charge is 0.410 e. The highest BCUT2D eigenvalue weighted by molar-refractivity contribution is 5.69. The lowest BCUT2D eigenvalue weighted by molar-refractivity contribution is -0.420. The SMILES string of the molecule is C=C/C(NC1CN(C(=O)OC(C)(C)C)C1)=C(\C=C)[N+](=O)[O-].CC. The number of allylic oxidation sites excluding steroid dienone is 2. The summed E-state index contributed by atoms with van der Waals surface area (Å²) in [6.45, 7) is 17.2. The number of ether oxygens (including phenoxy) is 1. The molecule has 1 amide bonds. The van der Waals surface area contributed by atoms with Gasteiger partial charge in [0.2, 0.25) is 0 Å². The molecule has 1 aliphatic heterocycles. The van der Waals surface area contributed by atoms with Crippen LogP contribution in [-0.2, 0) is 4.74 Å². The first-order valence-corrected chi connectivity index (χ1v) is 7.56. The summed E-state index contributed by atoms with van der Waals surface area (Å²) in [6, 6.07) is -0.0691. The molecule has 7 nitrogen and oxygen atoms in total. The van der Waals surface area contributed by atoms with Gasteiger partial charge in [0.05, 0.1) is 11.0 Å². The Morgan fingerprint density at radius 2 is 1.83 bits per heavy atom. The van der Waals surface area contributed by atoms with Crippen molar-refractivity contribution in [2.45, 2.75) is 46.3 Å². The van der Waals surface area contributed by atoms with Crippen LogP contribution in [-0.4, -0.2) is 40.6 Å². The lowest BCUT2D eigenvalue weighted by atomic mass is 10.1. The number of rotatable bonds is 5. The number of likely N-dealkylation sites (tertiary alicyclic amines) is 1. The van der Waals surface area contributed by atoms with Crippen LogP contribution in [0.4, 0.5) is 4.79 Å². The van der Waals surface area contributed by atoms with Crippen molar-refractivity contribution in [2.75, 3.05) is 13.1 Å². The molecule has 23 heavy (non-hydrogen) atoms. The van der Waals surface area contributed by atoms with E-state index in [2.05, 4.69) is 18.5 Å². The Labute approximate surface area is 137 Å². The summed E-state index contributed by atoms with van der Waals surface area (Å²) in [5.41, 5.74) is -0.381. The number of hydrogen-bond donors (Lipinski definition) is 1. The first kappa shape index (κ1) is 20.7. The number of hydrogen-bond acceptors (Lipinski definition) is 5. The van der Waals surface area contributed by atoms with Crippen LogP contribution in [0.5, 0.6) is 0 Å². The van der Waals surface area contributed by atoms with Gasteiger partial charge in [-0.3, -0.25) is 10.1 Å². The summed E-state index contributed by atoms with van der Waals surface area (Å²) in [4.78, 5) is 23.6. The maximum atomic E-state index is 11.8. The molecule has 7 heteroatoms. The van der Waals surface area contributed by atoms with Gasteiger partial charge in [0.1, 0.15) is 11.3 Å². The number of nitrogens with one attached hydrogen (secondary N) is 1. The number of amides is 1. The Kier molecular flexibility index (Phi) is 8.07. The molecule has 0 aliphatic carbocycles.